The van der Waals surface area contributed by atoms with E-state index in [1.165, 1.54) is 0 Å². The largest absolute Gasteiger partial charge is 0.362 e. The molecule has 2 N–H and O–H groups in total. The van der Waals surface area contributed by atoms with Gasteiger partial charge in [0.1, 0.15) is 5.82 Å². The van der Waals surface area contributed by atoms with Crippen LogP contribution < -0.4 is 15.5 Å². The molecule has 32 heavy (non-hydrogen) atoms. The molecular formula is C25H28N6O. The highest BCUT2D eigenvalue weighted by atomic mass is 16.1. The first-order valence-corrected chi connectivity index (χ1v) is 11.0. The molecule has 7 heteroatoms. The lowest BCUT2D eigenvalue weighted by atomic mass is 9.86. The number of para-hydroxylation sites is 1. The lowest BCUT2D eigenvalue weighted by Gasteiger charge is -2.29. The van der Waals surface area contributed by atoms with Crippen LogP contribution >= 0.6 is 0 Å². The summed E-state index contributed by atoms with van der Waals surface area (Å²) >= 11 is 0. The van der Waals surface area contributed by atoms with Gasteiger partial charge in [-0.2, -0.15) is 10.2 Å². The second kappa shape index (κ2) is 9.65. The topological polar surface area (TPSA) is 93.9 Å². The van der Waals surface area contributed by atoms with Gasteiger partial charge in [-0.15, -0.1) is 0 Å². The zero-order valence-corrected chi connectivity index (χ0v) is 18.5. The number of fused-ring (bicyclic) bond motifs is 1. The summed E-state index contributed by atoms with van der Waals surface area (Å²) in [5.41, 5.74) is 1.97. The Labute approximate surface area is 188 Å². The molecule has 3 aromatic rings. The number of hydrogen-bond donors (Lipinski definition) is 2. The molecule has 4 rings (SSSR count). The van der Waals surface area contributed by atoms with Crippen molar-refractivity contribution < 1.29 is 4.79 Å². The predicted molar refractivity (Wildman–Crippen MR) is 127 cm³/mol. The summed E-state index contributed by atoms with van der Waals surface area (Å²) in [7, 11) is 3.99. The Morgan fingerprint density at radius 1 is 1.09 bits per heavy atom. The fourth-order valence-corrected chi connectivity index (χ4v) is 4.23. The van der Waals surface area contributed by atoms with Gasteiger partial charge in [0, 0.05) is 37.6 Å². The van der Waals surface area contributed by atoms with Gasteiger partial charge < -0.3 is 15.5 Å². The van der Waals surface area contributed by atoms with E-state index in [2.05, 4.69) is 16.7 Å². The van der Waals surface area contributed by atoms with Gasteiger partial charge in [0.15, 0.2) is 0 Å². The van der Waals surface area contributed by atoms with E-state index >= 15 is 0 Å². The van der Waals surface area contributed by atoms with E-state index in [4.69, 9.17) is 15.2 Å². The van der Waals surface area contributed by atoms with Crippen LogP contribution in [-0.2, 0) is 0 Å². The highest BCUT2D eigenvalue weighted by molar-refractivity contribution is 5.94. The van der Waals surface area contributed by atoms with Crippen molar-refractivity contribution in [1.82, 2.24) is 15.3 Å². The quantitative estimate of drug-likeness (QED) is 0.617. The molecule has 0 aliphatic heterocycles. The maximum Gasteiger partial charge on any atom is 0.251 e. The molecule has 0 atom stereocenters. The van der Waals surface area contributed by atoms with Crippen LogP contribution in [0.1, 0.15) is 41.6 Å². The molecule has 1 aromatic heterocycles. The Hall–Kier alpha value is -3.66. The van der Waals surface area contributed by atoms with Crippen molar-refractivity contribution in [3.05, 3.63) is 59.7 Å². The first-order chi connectivity index (χ1) is 15.5. The van der Waals surface area contributed by atoms with Gasteiger partial charge in [-0.05, 0) is 61.9 Å². The molecule has 164 valence electrons. The number of hydrogen-bond acceptors (Lipinski definition) is 6. The van der Waals surface area contributed by atoms with Gasteiger partial charge in [-0.1, -0.05) is 18.2 Å². The summed E-state index contributed by atoms with van der Waals surface area (Å²) in [5.74, 6) is 1.91. The van der Waals surface area contributed by atoms with E-state index in [-0.39, 0.29) is 5.91 Å². The Morgan fingerprint density at radius 3 is 2.62 bits per heavy atom. The number of amides is 1. The third kappa shape index (κ3) is 4.97. The Bertz CT molecular complexity index is 1140. The molecule has 7 nitrogen and oxygen atoms in total. The molecule has 0 saturated heterocycles. The average molecular weight is 429 g/mol. The van der Waals surface area contributed by atoms with Crippen molar-refractivity contribution >= 4 is 28.6 Å². The minimum Gasteiger partial charge on any atom is -0.362 e. The van der Waals surface area contributed by atoms with E-state index in [1.807, 2.05) is 43.3 Å². The zero-order valence-electron chi connectivity index (χ0n) is 18.5. The molecule has 0 unspecified atom stereocenters. The van der Waals surface area contributed by atoms with Crippen molar-refractivity contribution in [2.75, 3.05) is 30.9 Å². The number of nitrogens with zero attached hydrogens (tertiary/aromatic N) is 4. The summed E-state index contributed by atoms with van der Waals surface area (Å²) in [6.07, 6.45) is 4.09. The van der Waals surface area contributed by atoms with E-state index in [9.17, 15) is 4.79 Å². The highest BCUT2D eigenvalue weighted by Gasteiger charge is 2.23. The molecule has 1 saturated carbocycles. The Balaban J connectivity index is 1.31. The molecule has 1 aliphatic rings. The number of nitriles is 1. The smallest absolute Gasteiger partial charge is 0.251 e. The summed E-state index contributed by atoms with van der Waals surface area (Å²) in [4.78, 5) is 23.9. The Morgan fingerprint density at radius 2 is 1.88 bits per heavy atom. The maximum atomic E-state index is 12.4. The molecule has 0 radical (unpaired) electrons. The van der Waals surface area contributed by atoms with Crippen molar-refractivity contribution in [2.24, 2.45) is 5.92 Å². The number of anilines is 2. The normalized spacial score (nSPS) is 18.0. The van der Waals surface area contributed by atoms with Crippen LogP contribution in [0, 0.1) is 17.2 Å². The van der Waals surface area contributed by atoms with Crippen LogP contribution in [0.2, 0.25) is 0 Å². The number of benzene rings is 2. The van der Waals surface area contributed by atoms with Crippen LogP contribution in [0.5, 0.6) is 0 Å². The first-order valence-electron chi connectivity index (χ1n) is 11.0. The predicted octanol–water partition coefficient (Wildman–Crippen LogP) is 3.97. The molecule has 1 heterocycles. The lowest BCUT2D eigenvalue weighted by Crippen LogP contribution is -2.34. The third-order valence-corrected chi connectivity index (χ3v) is 5.99. The first kappa shape index (κ1) is 21.6. The fourth-order valence-electron chi connectivity index (χ4n) is 4.23. The second-order valence-electron chi connectivity index (χ2n) is 8.55. The zero-order chi connectivity index (χ0) is 22.5. The van der Waals surface area contributed by atoms with E-state index in [1.54, 1.807) is 24.3 Å². The minimum atomic E-state index is -0.122. The molecule has 1 aliphatic carbocycles. The number of nitrogens with one attached hydrogen (secondary N) is 2. The van der Waals surface area contributed by atoms with Gasteiger partial charge in [0.25, 0.3) is 5.91 Å². The number of aromatic nitrogens is 2. The van der Waals surface area contributed by atoms with E-state index in [0.717, 1.165) is 42.4 Å². The Kier molecular flexibility index (Phi) is 6.50. The van der Waals surface area contributed by atoms with E-state index in [0.29, 0.717) is 35.6 Å². The van der Waals surface area contributed by atoms with Crippen LogP contribution in [0.25, 0.3) is 10.9 Å². The van der Waals surface area contributed by atoms with Gasteiger partial charge >= 0.3 is 0 Å². The molecule has 0 spiro atoms. The molecule has 1 amide bonds. The summed E-state index contributed by atoms with van der Waals surface area (Å²) in [6.45, 7) is 0.652. The monoisotopic (exact) mass is 428 g/mol. The van der Waals surface area contributed by atoms with Crippen LogP contribution in [0.15, 0.2) is 48.5 Å². The standard InChI is InChI=1S/C25H28N6O/c1-31(2)23-21-8-3-4-9-22(21)29-25(30-23)28-20-12-10-17(11-13-20)16-27-24(32)19-7-5-6-18(14-19)15-26/h3-9,14,17,20H,10-13,16H2,1-2H3,(H,27,32)(H,28,29,30)/t17-,20+. The lowest BCUT2D eigenvalue weighted by molar-refractivity contribution is 0.0943. The van der Waals surface area contributed by atoms with Crippen molar-refractivity contribution in [1.29, 1.82) is 5.26 Å². The summed E-state index contributed by atoms with van der Waals surface area (Å²) in [5, 5.41) is 16.6. The van der Waals surface area contributed by atoms with Crippen molar-refractivity contribution in [3.63, 3.8) is 0 Å². The van der Waals surface area contributed by atoms with Crippen LogP contribution in [-0.4, -0.2) is 42.6 Å². The molecular weight excluding hydrogens is 400 g/mol. The van der Waals surface area contributed by atoms with Crippen molar-refractivity contribution in [2.45, 2.75) is 31.7 Å². The molecule has 0 bridgehead atoms. The number of carbonyl (C=O) groups excluding carboxylic acids is 1. The number of rotatable bonds is 6. The van der Waals surface area contributed by atoms with Gasteiger partial charge in [-0.3, -0.25) is 4.79 Å². The SMILES string of the molecule is CN(C)c1nc(N[C@H]2CC[C@@H](CNC(=O)c3cccc(C#N)c3)CC2)nc2ccccc12. The second-order valence-corrected chi connectivity index (χ2v) is 8.55. The van der Waals surface area contributed by atoms with Gasteiger partial charge in [0.2, 0.25) is 5.95 Å². The highest BCUT2D eigenvalue weighted by Crippen LogP contribution is 2.28. The van der Waals surface area contributed by atoms with Gasteiger partial charge in [0.05, 0.1) is 17.1 Å². The average Bonchev–Trinajstić information content (AvgIpc) is 2.82. The maximum absolute atomic E-state index is 12.4. The molecule has 1 fully saturated rings. The van der Waals surface area contributed by atoms with Crippen molar-refractivity contribution in [3.8, 4) is 6.07 Å². The van der Waals surface area contributed by atoms with Gasteiger partial charge in [-0.25, -0.2) is 4.98 Å². The van der Waals surface area contributed by atoms with Crippen LogP contribution in [0.4, 0.5) is 11.8 Å². The van der Waals surface area contributed by atoms with Crippen LogP contribution in [0.3, 0.4) is 0 Å². The molecule has 2 aromatic carbocycles. The van der Waals surface area contributed by atoms with E-state index < -0.39 is 0 Å². The summed E-state index contributed by atoms with van der Waals surface area (Å²) < 4.78 is 0. The summed E-state index contributed by atoms with van der Waals surface area (Å²) in [6, 6.07) is 17.3. The third-order valence-electron chi connectivity index (χ3n) is 5.99. The fraction of sp³-hybridized carbons (Fsp3) is 0.360. The minimum absolute atomic E-state index is 0.122. The number of carbonyl (C=O) groups is 1.